The number of hydrogen-bond acceptors (Lipinski definition) is 10. The Hall–Kier alpha value is -4.63. The molecular weight excluding hydrogens is 727 g/mol. The quantitative estimate of drug-likeness (QED) is 0.178. The zero-order valence-corrected chi connectivity index (χ0v) is 28.2. The minimum Gasteiger partial charge on any atom is -0.493 e. The fraction of sp³-hybridized carbons (Fsp3) is 0.212. The molecule has 0 fully saturated rings. The summed E-state index contributed by atoms with van der Waals surface area (Å²) in [6, 6.07) is 17.0. The summed E-state index contributed by atoms with van der Waals surface area (Å²) in [6.45, 7) is 1.31. The SMILES string of the molecule is CCOC(=O)C1=C(c2ccccc2)N=c2s/c(=C\c3cc(I)c(OCC(=O)O)c(OC)c3)c(=O)n2[C@H]1c1ccc(OC)c(OC)c1. The average molecular weight is 757 g/mol. The highest BCUT2D eigenvalue weighted by atomic mass is 127. The monoisotopic (exact) mass is 756 g/mol. The molecule has 1 aromatic heterocycles. The molecule has 46 heavy (non-hydrogen) atoms. The Morgan fingerprint density at radius 2 is 1.72 bits per heavy atom. The molecule has 0 unspecified atom stereocenters. The molecule has 1 aliphatic heterocycles. The largest absolute Gasteiger partial charge is 0.493 e. The molecule has 1 aliphatic rings. The number of esters is 1. The maximum Gasteiger partial charge on any atom is 0.341 e. The van der Waals surface area contributed by atoms with Crippen molar-refractivity contribution in [2.75, 3.05) is 34.5 Å². The highest BCUT2D eigenvalue weighted by molar-refractivity contribution is 14.1. The van der Waals surface area contributed by atoms with E-state index in [1.165, 1.54) is 37.2 Å². The first-order chi connectivity index (χ1) is 22.2. The van der Waals surface area contributed by atoms with Gasteiger partial charge in [0.25, 0.3) is 5.56 Å². The number of methoxy groups -OCH3 is 3. The third-order valence-electron chi connectivity index (χ3n) is 6.99. The molecule has 11 nitrogen and oxygen atoms in total. The van der Waals surface area contributed by atoms with E-state index in [0.29, 0.717) is 52.5 Å². The second kappa shape index (κ2) is 14.2. The number of hydrogen-bond donors (Lipinski definition) is 1. The summed E-state index contributed by atoms with van der Waals surface area (Å²) in [5.74, 6) is -0.214. The summed E-state index contributed by atoms with van der Waals surface area (Å²) in [5.41, 5.74) is 2.11. The van der Waals surface area contributed by atoms with Crippen molar-refractivity contribution in [2.24, 2.45) is 4.99 Å². The van der Waals surface area contributed by atoms with Crippen LogP contribution in [0.25, 0.3) is 11.8 Å². The summed E-state index contributed by atoms with van der Waals surface area (Å²) in [5, 5.41) is 9.06. The fourth-order valence-electron chi connectivity index (χ4n) is 5.03. The average Bonchev–Trinajstić information content (AvgIpc) is 3.37. The Bertz CT molecular complexity index is 2020. The third kappa shape index (κ3) is 6.51. The number of carbonyl (C=O) groups excluding carboxylic acids is 1. The first kappa shape index (κ1) is 32.8. The van der Waals surface area contributed by atoms with Crippen LogP contribution in [0, 0.1) is 3.57 Å². The van der Waals surface area contributed by atoms with E-state index in [-0.39, 0.29) is 23.5 Å². The number of carboxylic acid groups (broad SMARTS) is 1. The fourth-order valence-corrected chi connectivity index (χ4v) is 6.81. The molecule has 4 aromatic rings. The summed E-state index contributed by atoms with van der Waals surface area (Å²) in [4.78, 5) is 44.3. The maximum absolute atomic E-state index is 14.3. The number of nitrogens with zero attached hydrogens (tertiary/aromatic N) is 2. The van der Waals surface area contributed by atoms with Crippen LogP contribution in [0.4, 0.5) is 0 Å². The van der Waals surface area contributed by atoms with E-state index in [9.17, 15) is 14.4 Å². The Labute approximate surface area is 281 Å². The van der Waals surface area contributed by atoms with Crippen molar-refractivity contribution in [1.82, 2.24) is 4.57 Å². The van der Waals surface area contributed by atoms with Gasteiger partial charge in [-0.05, 0) is 71.0 Å². The number of thiazole rings is 1. The van der Waals surface area contributed by atoms with E-state index in [4.69, 9.17) is 33.8 Å². The van der Waals surface area contributed by atoms with E-state index in [1.807, 2.05) is 52.9 Å². The van der Waals surface area contributed by atoms with Crippen molar-refractivity contribution in [1.29, 1.82) is 0 Å². The summed E-state index contributed by atoms with van der Waals surface area (Å²) in [6.07, 6.45) is 1.69. The normalized spacial score (nSPS) is 14.3. The number of carbonyl (C=O) groups is 2. The lowest BCUT2D eigenvalue weighted by Gasteiger charge is -2.26. The number of ether oxygens (including phenoxy) is 5. The highest BCUT2D eigenvalue weighted by Gasteiger charge is 2.35. The standard InChI is InChI=1S/C33H29IN2O9S/c1-5-44-32(40)27-28(19-9-7-6-8-10-19)35-33-36(29(27)20-11-12-22(41-2)23(16-20)42-3)31(39)25(46-33)15-18-13-21(34)30(24(14-18)43-4)45-17-26(37)38/h6-16,29H,5,17H2,1-4H3,(H,37,38)/b25-15-/t29-/m0/s1. The van der Waals surface area contributed by atoms with Crippen LogP contribution in [0.2, 0.25) is 0 Å². The Morgan fingerprint density at radius 3 is 2.37 bits per heavy atom. The number of carboxylic acids is 1. The van der Waals surface area contributed by atoms with Crippen molar-refractivity contribution in [3.8, 4) is 23.0 Å². The Balaban J connectivity index is 1.78. The molecule has 0 amide bonds. The molecule has 0 bridgehead atoms. The number of halogens is 1. The lowest BCUT2D eigenvalue weighted by atomic mass is 9.93. The zero-order chi connectivity index (χ0) is 33.0. The van der Waals surface area contributed by atoms with Gasteiger partial charge in [0.05, 0.1) is 53.4 Å². The first-order valence-corrected chi connectivity index (χ1v) is 15.8. The topological polar surface area (TPSA) is 135 Å². The molecule has 13 heteroatoms. The van der Waals surface area contributed by atoms with Gasteiger partial charge < -0.3 is 28.8 Å². The maximum atomic E-state index is 14.3. The summed E-state index contributed by atoms with van der Waals surface area (Å²) < 4.78 is 29.9. The minimum atomic E-state index is -1.12. The van der Waals surface area contributed by atoms with Gasteiger partial charge in [0.15, 0.2) is 34.4 Å². The van der Waals surface area contributed by atoms with E-state index >= 15 is 0 Å². The molecule has 0 radical (unpaired) electrons. The van der Waals surface area contributed by atoms with Gasteiger partial charge in [-0.25, -0.2) is 14.6 Å². The van der Waals surface area contributed by atoms with Crippen LogP contribution in [0.15, 0.2) is 76.0 Å². The van der Waals surface area contributed by atoms with Crippen molar-refractivity contribution in [3.05, 3.63) is 106 Å². The van der Waals surface area contributed by atoms with E-state index in [0.717, 1.165) is 0 Å². The molecule has 3 aromatic carbocycles. The van der Waals surface area contributed by atoms with Gasteiger partial charge in [0.2, 0.25) is 0 Å². The van der Waals surface area contributed by atoms with E-state index < -0.39 is 24.6 Å². The molecule has 0 saturated heterocycles. The van der Waals surface area contributed by atoms with Crippen LogP contribution in [0.5, 0.6) is 23.0 Å². The number of benzene rings is 3. The molecule has 238 valence electrons. The molecular formula is C33H29IN2O9S. The second-order valence-corrected chi connectivity index (χ2v) is 11.9. The lowest BCUT2D eigenvalue weighted by molar-refractivity contribution is -0.140. The zero-order valence-electron chi connectivity index (χ0n) is 25.2. The molecule has 1 atom stereocenters. The van der Waals surface area contributed by atoms with Crippen LogP contribution >= 0.6 is 33.9 Å². The summed E-state index contributed by atoms with van der Waals surface area (Å²) >= 11 is 3.19. The first-order valence-electron chi connectivity index (χ1n) is 13.9. The van der Waals surface area contributed by atoms with Gasteiger partial charge in [-0.2, -0.15) is 0 Å². The van der Waals surface area contributed by atoms with Crippen molar-refractivity contribution >= 4 is 57.6 Å². The van der Waals surface area contributed by atoms with Crippen molar-refractivity contribution < 1.29 is 38.4 Å². The molecule has 0 spiro atoms. The smallest absolute Gasteiger partial charge is 0.341 e. The predicted molar refractivity (Wildman–Crippen MR) is 179 cm³/mol. The molecule has 1 N–H and O–H groups in total. The molecule has 0 saturated carbocycles. The van der Waals surface area contributed by atoms with Crippen LogP contribution in [0.3, 0.4) is 0 Å². The van der Waals surface area contributed by atoms with Gasteiger partial charge in [0.1, 0.15) is 0 Å². The van der Waals surface area contributed by atoms with Crippen LogP contribution in [-0.2, 0) is 14.3 Å². The van der Waals surface area contributed by atoms with Crippen LogP contribution in [-0.4, -0.2) is 56.2 Å². The Kier molecular flexibility index (Phi) is 10.1. The van der Waals surface area contributed by atoms with Crippen LogP contribution in [0.1, 0.15) is 29.7 Å². The summed E-state index contributed by atoms with van der Waals surface area (Å²) in [7, 11) is 4.49. The van der Waals surface area contributed by atoms with Crippen molar-refractivity contribution in [2.45, 2.75) is 13.0 Å². The number of aromatic nitrogens is 1. The molecule has 2 heterocycles. The van der Waals surface area contributed by atoms with Gasteiger partial charge >= 0.3 is 11.9 Å². The minimum absolute atomic E-state index is 0.125. The highest BCUT2D eigenvalue weighted by Crippen LogP contribution is 2.39. The number of aliphatic carboxylic acids is 1. The van der Waals surface area contributed by atoms with E-state index in [2.05, 4.69) is 0 Å². The van der Waals surface area contributed by atoms with Gasteiger partial charge in [-0.15, -0.1) is 0 Å². The lowest BCUT2D eigenvalue weighted by Crippen LogP contribution is -2.40. The van der Waals surface area contributed by atoms with E-state index in [1.54, 1.807) is 43.3 Å². The molecule has 0 aliphatic carbocycles. The second-order valence-electron chi connectivity index (χ2n) is 9.76. The van der Waals surface area contributed by atoms with Gasteiger partial charge in [-0.3, -0.25) is 9.36 Å². The number of rotatable bonds is 11. The molecule has 5 rings (SSSR count). The predicted octanol–water partition coefficient (Wildman–Crippen LogP) is 4.03. The third-order valence-corrected chi connectivity index (χ3v) is 8.77. The number of fused-ring (bicyclic) bond motifs is 1. The van der Waals surface area contributed by atoms with Crippen molar-refractivity contribution in [3.63, 3.8) is 0 Å². The van der Waals surface area contributed by atoms with Crippen LogP contribution < -0.4 is 33.8 Å². The van der Waals surface area contributed by atoms with Gasteiger partial charge in [0, 0.05) is 5.56 Å². The Morgan fingerprint density at radius 1 is 1.00 bits per heavy atom. The van der Waals surface area contributed by atoms with Gasteiger partial charge in [-0.1, -0.05) is 47.7 Å².